The Morgan fingerprint density at radius 2 is 2.60 bits per heavy atom. The number of nitrogens with zero attached hydrogens (tertiary/aromatic N) is 2. The summed E-state index contributed by atoms with van der Waals surface area (Å²) in [4.78, 5) is 15.6. The Hall–Kier alpha value is -1.36. The molecule has 5 nitrogen and oxygen atoms in total. The van der Waals surface area contributed by atoms with Crippen LogP contribution in [0.1, 0.15) is 30.2 Å². The highest BCUT2D eigenvalue weighted by Crippen LogP contribution is 2.16. The molecule has 82 valence electrons. The van der Waals surface area contributed by atoms with Crippen LogP contribution in [0.5, 0.6) is 0 Å². The van der Waals surface area contributed by atoms with Crippen molar-refractivity contribution in [1.82, 2.24) is 9.55 Å². The number of ether oxygens (including phenoxy) is 2. The highest BCUT2D eigenvalue weighted by atomic mass is 16.5. The zero-order valence-electron chi connectivity index (χ0n) is 8.90. The van der Waals surface area contributed by atoms with Crippen LogP contribution >= 0.6 is 0 Å². The highest BCUT2D eigenvalue weighted by Gasteiger charge is 2.23. The van der Waals surface area contributed by atoms with Gasteiger partial charge >= 0.3 is 5.97 Å². The van der Waals surface area contributed by atoms with E-state index in [-0.39, 0.29) is 12.1 Å². The van der Waals surface area contributed by atoms with Crippen LogP contribution in [0.2, 0.25) is 0 Å². The van der Waals surface area contributed by atoms with Crippen molar-refractivity contribution < 1.29 is 14.3 Å². The van der Waals surface area contributed by atoms with Crippen molar-refractivity contribution in [3.05, 3.63) is 17.7 Å². The van der Waals surface area contributed by atoms with Gasteiger partial charge in [0.25, 0.3) is 0 Å². The second kappa shape index (κ2) is 4.02. The van der Waals surface area contributed by atoms with Crippen LogP contribution in [0, 0.1) is 0 Å². The van der Waals surface area contributed by atoms with Gasteiger partial charge in [0.15, 0.2) is 0 Å². The lowest BCUT2D eigenvalue weighted by molar-refractivity contribution is 0.0143. The molecule has 0 fully saturated rings. The van der Waals surface area contributed by atoms with Gasteiger partial charge in [-0.25, -0.2) is 9.78 Å². The lowest BCUT2D eigenvalue weighted by Crippen LogP contribution is -2.27. The van der Waals surface area contributed by atoms with Gasteiger partial charge < -0.3 is 14.0 Å². The maximum Gasteiger partial charge on any atom is 0.374 e. The van der Waals surface area contributed by atoms with Crippen LogP contribution in [0.15, 0.2) is 6.20 Å². The molecular weight excluding hydrogens is 196 g/mol. The van der Waals surface area contributed by atoms with E-state index in [9.17, 15) is 4.79 Å². The summed E-state index contributed by atoms with van der Waals surface area (Å²) in [6.07, 6.45) is 1.78. The summed E-state index contributed by atoms with van der Waals surface area (Å²) in [5.74, 6) is 0.0138. The van der Waals surface area contributed by atoms with Crippen molar-refractivity contribution in [3.63, 3.8) is 0 Å². The lowest BCUT2D eigenvalue weighted by atomic mass is 10.3. The second-order valence-electron chi connectivity index (χ2n) is 3.53. The van der Waals surface area contributed by atoms with E-state index in [2.05, 4.69) is 4.98 Å². The number of fused-ring (bicyclic) bond motifs is 1. The quantitative estimate of drug-likeness (QED) is 0.683. The minimum Gasteiger partial charge on any atom is -0.460 e. The lowest BCUT2D eigenvalue weighted by Gasteiger charge is -2.22. The van der Waals surface area contributed by atoms with Gasteiger partial charge in [0.1, 0.15) is 0 Å². The molecule has 2 rings (SSSR count). The predicted octanol–water partition coefficient (Wildman–Crippen LogP) is 0.979. The smallest absolute Gasteiger partial charge is 0.374 e. The first-order valence-electron chi connectivity index (χ1n) is 5.05. The predicted molar refractivity (Wildman–Crippen MR) is 52.4 cm³/mol. The SMILES string of the molecule is CCOC(=O)c1ncc2n1CC(C)OC2. The molecule has 5 heteroatoms. The Balaban J connectivity index is 2.26. The summed E-state index contributed by atoms with van der Waals surface area (Å²) in [6, 6.07) is 0. The van der Waals surface area contributed by atoms with Crippen molar-refractivity contribution in [3.8, 4) is 0 Å². The van der Waals surface area contributed by atoms with Crippen LogP contribution in [0.25, 0.3) is 0 Å². The van der Waals surface area contributed by atoms with Gasteiger partial charge in [-0.05, 0) is 13.8 Å². The number of hydrogen-bond donors (Lipinski definition) is 0. The minimum absolute atomic E-state index is 0.111. The summed E-state index contributed by atoms with van der Waals surface area (Å²) in [5, 5.41) is 0. The number of imidazole rings is 1. The molecule has 0 aliphatic carbocycles. The monoisotopic (exact) mass is 210 g/mol. The van der Waals surface area contributed by atoms with Crippen molar-refractivity contribution in [1.29, 1.82) is 0 Å². The van der Waals surface area contributed by atoms with E-state index in [1.165, 1.54) is 0 Å². The van der Waals surface area contributed by atoms with Gasteiger partial charge in [-0.1, -0.05) is 0 Å². The molecule has 1 atom stereocenters. The summed E-state index contributed by atoms with van der Waals surface area (Å²) in [5.41, 5.74) is 0.927. The third-order valence-electron chi connectivity index (χ3n) is 2.35. The van der Waals surface area contributed by atoms with Gasteiger partial charge in [-0.15, -0.1) is 0 Å². The van der Waals surface area contributed by atoms with E-state index in [0.29, 0.717) is 25.6 Å². The van der Waals surface area contributed by atoms with E-state index in [1.54, 1.807) is 13.1 Å². The van der Waals surface area contributed by atoms with Crippen molar-refractivity contribution in [2.75, 3.05) is 6.61 Å². The molecule has 2 heterocycles. The third kappa shape index (κ3) is 1.87. The normalized spacial score (nSPS) is 19.7. The van der Waals surface area contributed by atoms with Crippen molar-refractivity contribution in [2.45, 2.75) is 33.1 Å². The van der Waals surface area contributed by atoms with Gasteiger partial charge in [-0.3, -0.25) is 0 Å². The largest absolute Gasteiger partial charge is 0.460 e. The Kier molecular flexibility index (Phi) is 2.73. The first kappa shape index (κ1) is 10.2. The maximum absolute atomic E-state index is 11.5. The summed E-state index contributed by atoms with van der Waals surface area (Å²) in [6.45, 7) is 5.28. The number of carbonyl (C=O) groups excluding carboxylic acids is 1. The number of carbonyl (C=O) groups is 1. The van der Waals surface area contributed by atoms with E-state index < -0.39 is 0 Å². The molecule has 1 aromatic rings. The first-order chi connectivity index (χ1) is 7.22. The summed E-state index contributed by atoms with van der Waals surface area (Å²) in [7, 11) is 0. The zero-order valence-corrected chi connectivity index (χ0v) is 8.90. The standard InChI is InChI=1S/C10H14N2O3/c1-3-14-10(13)9-11-4-8-6-15-7(2)5-12(8)9/h4,7H,3,5-6H2,1-2H3. The molecule has 1 aliphatic rings. The van der Waals surface area contributed by atoms with Crippen LogP contribution < -0.4 is 0 Å². The fourth-order valence-corrected chi connectivity index (χ4v) is 1.63. The van der Waals surface area contributed by atoms with Gasteiger partial charge in [0.05, 0.1) is 37.8 Å². The molecule has 0 spiro atoms. The van der Waals surface area contributed by atoms with Gasteiger partial charge in [0, 0.05) is 0 Å². The number of rotatable bonds is 2. The average molecular weight is 210 g/mol. The zero-order chi connectivity index (χ0) is 10.8. The van der Waals surface area contributed by atoms with Crippen LogP contribution in [0.4, 0.5) is 0 Å². The highest BCUT2D eigenvalue weighted by molar-refractivity contribution is 5.85. The summed E-state index contributed by atoms with van der Waals surface area (Å²) >= 11 is 0. The van der Waals surface area contributed by atoms with E-state index in [4.69, 9.17) is 9.47 Å². The van der Waals surface area contributed by atoms with Gasteiger partial charge in [-0.2, -0.15) is 0 Å². The number of hydrogen-bond acceptors (Lipinski definition) is 4. The first-order valence-corrected chi connectivity index (χ1v) is 5.05. The molecule has 1 unspecified atom stereocenters. The molecule has 0 aromatic carbocycles. The minimum atomic E-state index is -0.363. The fraction of sp³-hybridized carbons (Fsp3) is 0.600. The Bertz CT molecular complexity index is 373. The summed E-state index contributed by atoms with van der Waals surface area (Å²) < 4.78 is 12.2. The fourth-order valence-electron chi connectivity index (χ4n) is 1.63. The molecule has 1 aromatic heterocycles. The molecule has 1 aliphatic heterocycles. The topological polar surface area (TPSA) is 53.3 Å². The molecule has 0 bridgehead atoms. The van der Waals surface area contributed by atoms with Crippen molar-refractivity contribution in [2.24, 2.45) is 0 Å². The van der Waals surface area contributed by atoms with Crippen molar-refractivity contribution >= 4 is 5.97 Å². The van der Waals surface area contributed by atoms with Crippen LogP contribution in [-0.2, 0) is 22.6 Å². The molecule has 15 heavy (non-hydrogen) atoms. The van der Waals surface area contributed by atoms with E-state index >= 15 is 0 Å². The van der Waals surface area contributed by atoms with E-state index in [1.807, 2.05) is 11.5 Å². The third-order valence-corrected chi connectivity index (χ3v) is 2.35. The average Bonchev–Trinajstić information content (AvgIpc) is 2.60. The number of esters is 1. The molecule has 0 amide bonds. The van der Waals surface area contributed by atoms with Gasteiger partial charge in [0.2, 0.25) is 5.82 Å². The second-order valence-corrected chi connectivity index (χ2v) is 3.53. The number of aromatic nitrogens is 2. The molecular formula is C10H14N2O3. The van der Waals surface area contributed by atoms with E-state index in [0.717, 1.165) is 5.69 Å². The maximum atomic E-state index is 11.5. The van der Waals surface area contributed by atoms with Crippen LogP contribution in [0.3, 0.4) is 0 Å². The molecule has 0 radical (unpaired) electrons. The Morgan fingerprint density at radius 1 is 1.80 bits per heavy atom. The Labute approximate surface area is 88.0 Å². The molecule has 0 N–H and O–H groups in total. The molecule has 0 saturated heterocycles. The van der Waals surface area contributed by atoms with Crippen LogP contribution in [-0.4, -0.2) is 28.2 Å². The molecule has 0 saturated carbocycles. The Morgan fingerprint density at radius 3 is 3.33 bits per heavy atom.